The van der Waals surface area contributed by atoms with Crippen LogP contribution in [0.5, 0.6) is 0 Å². The van der Waals surface area contributed by atoms with Crippen molar-refractivity contribution in [1.29, 1.82) is 0 Å². The number of hydrogen-bond donors (Lipinski definition) is 0. The Kier molecular flexibility index (Phi) is 7.75. The van der Waals surface area contributed by atoms with E-state index in [9.17, 15) is 0 Å². The van der Waals surface area contributed by atoms with Gasteiger partial charge < -0.3 is 4.55 Å². The molecule has 0 saturated heterocycles. The maximum absolute atomic E-state index is 9.08. The van der Waals surface area contributed by atoms with Crippen molar-refractivity contribution in [3.63, 3.8) is 0 Å². The van der Waals surface area contributed by atoms with Gasteiger partial charge in [-0.1, -0.05) is 84.9 Å². The van der Waals surface area contributed by atoms with Crippen molar-refractivity contribution in [2.45, 2.75) is 6.16 Å². The first kappa shape index (κ1) is 22.9. The summed E-state index contributed by atoms with van der Waals surface area (Å²) in [6.45, 7) is 0. The summed E-state index contributed by atoms with van der Waals surface area (Å²) < 4.78 is 27.2. The Morgan fingerprint density at radius 2 is 0.839 bits per heavy atom. The van der Waals surface area contributed by atoms with Crippen LogP contribution in [0.3, 0.4) is 0 Å². The number of benzene rings is 4. The van der Waals surface area contributed by atoms with Gasteiger partial charge in [-0.3, -0.25) is 0 Å². The molecule has 4 rings (SSSR count). The quantitative estimate of drug-likeness (QED) is 0.337. The van der Waals surface area contributed by atoms with Crippen LogP contribution in [0, 0.1) is 0 Å². The van der Waals surface area contributed by atoms with E-state index >= 15 is 0 Å². The Balaban J connectivity index is 0.000000491. The molecule has 0 aliphatic rings. The molecule has 4 aromatic carbocycles. The molecule has 0 aliphatic carbocycles. The van der Waals surface area contributed by atoms with E-state index in [1.807, 2.05) is 0 Å². The standard InChI is InChI=1S/C25H22P.CH4O3S/c1-5-13-22(14-6-1)21-26(23-15-7-2-8-16-23,24-17-9-3-10-18-24)25-19-11-4-12-20-25;1-5(2,3)4/h1-20H,21H2;1H3,(H,2,3,4)/q+1;/p-1. The summed E-state index contributed by atoms with van der Waals surface area (Å²) in [6.07, 6.45) is 1.64. The third-order valence-corrected chi connectivity index (χ3v) is 9.23. The molecular weight excluding hydrogens is 423 g/mol. The molecule has 31 heavy (non-hydrogen) atoms. The van der Waals surface area contributed by atoms with E-state index in [1.165, 1.54) is 21.5 Å². The highest BCUT2D eigenvalue weighted by molar-refractivity contribution is 7.95. The second-order valence-electron chi connectivity index (χ2n) is 7.16. The minimum absolute atomic E-state index is 0.604. The van der Waals surface area contributed by atoms with Gasteiger partial charge in [-0.15, -0.1) is 0 Å². The predicted molar refractivity (Wildman–Crippen MR) is 131 cm³/mol. The van der Waals surface area contributed by atoms with Crippen LogP contribution in [0.4, 0.5) is 0 Å². The fourth-order valence-electron chi connectivity index (χ4n) is 3.63. The van der Waals surface area contributed by atoms with Crippen LogP contribution >= 0.6 is 7.26 Å². The van der Waals surface area contributed by atoms with Gasteiger partial charge in [0.1, 0.15) is 23.2 Å². The minimum atomic E-state index is -3.92. The van der Waals surface area contributed by atoms with E-state index in [1.54, 1.807) is 0 Å². The van der Waals surface area contributed by atoms with E-state index in [0.29, 0.717) is 6.26 Å². The molecule has 0 N–H and O–H groups in total. The van der Waals surface area contributed by atoms with Gasteiger partial charge in [-0.05, 0) is 42.0 Å². The molecule has 0 aliphatic heterocycles. The average Bonchev–Trinajstić information content (AvgIpc) is 2.79. The van der Waals surface area contributed by atoms with Gasteiger partial charge >= 0.3 is 0 Å². The molecule has 5 heteroatoms. The van der Waals surface area contributed by atoms with Gasteiger partial charge in [0, 0.05) is 6.26 Å². The molecule has 4 aromatic rings. The maximum Gasteiger partial charge on any atom is 0.116 e. The van der Waals surface area contributed by atoms with E-state index < -0.39 is 17.4 Å². The summed E-state index contributed by atoms with van der Waals surface area (Å²) in [7, 11) is -5.69. The lowest BCUT2D eigenvalue weighted by atomic mass is 10.2. The van der Waals surface area contributed by atoms with Gasteiger partial charge in [0.05, 0.1) is 16.3 Å². The number of rotatable bonds is 5. The fraction of sp³-hybridized carbons (Fsp3) is 0.0769. The summed E-state index contributed by atoms with van der Waals surface area (Å²) >= 11 is 0. The van der Waals surface area contributed by atoms with Crippen LogP contribution in [0.15, 0.2) is 121 Å². The van der Waals surface area contributed by atoms with Crippen molar-refractivity contribution in [3.8, 4) is 0 Å². The second-order valence-corrected chi connectivity index (χ2v) is 12.1. The lowest BCUT2D eigenvalue weighted by molar-refractivity contribution is 0.470. The molecule has 158 valence electrons. The van der Waals surface area contributed by atoms with E-state index in [4.69, 9.17) is 13.0 Å². The summed E-state index contributed by atoms with van der Waals surface area (Å²) in [5.74, 6) is 0. The first-order valence-corrected chi connectivity index (χ1v) is 13.7. The molecule has 0 unspecified atom stereocenters. The van der Waals surface area contributed by atoms with E-state index in [-0.39, 0.29) is 0 Å². The van der Waals surface area contributed by atoms with Crippen molar-refractivity contribution < 1.29 is 13.0 Å². The third kappa shape index (κ3) is 6.35. The first-order chi connectivity index (χ1) is 14.9. The molecule has 0 saturated carbocycles. The molecule has 0 fully saturated rings. The van der Waals surface area contributed by atoms with Crippen LogP contribution in [-0.4, -0.2) is 19.2 Å². The first-order valence-electron chi connectivity index (χ1n) is 9.89. The minimum Gasteiger partial charge on any atom is -0.748 e. The molecule has 0 atom stereocenters. The molecule has 0 amide bonds. The highest BCUT2D eigenvalue weighted by Gasteiger charge is 2.45. The van der Waals surface area contributed by atoms with Gasteiger partial charge in [-0.2, -0.15) is 0 Å². The van der Waals surface area contributed by atoms with Crippen LogP contribution < -0.4 is 15.9 Å². The third-order valence-electron chi connectivity index (χ3n) is 4.85. The molecule has 3 nitrogen and oxygen atoms in total. The molecule has 0 bridgehead atoms. The van der Waals surface area contributed by atoms with Crippen LogP contribution in [0.2, 0.25) is 0 Å². The number of hydrogen-bond acceptors (Lipinski definition) is 3. The van der Waals surface area contributed by atoms with Gasteiger partial charge in [0.25, 0.3) is 0 Å². The SMILES string of the molecule is CS(=O)(=O)[O-].c1ccc(C[P+](c2ccccc2)(c2ccccc2)c2ccccc2)cc1. The molecule has 0 radical (unpaired) electrons. The van der Waals surface area contributed by atoms with Crippen molar-refractivity contribution in [1.82, 2.24) is 0 Å². The van der Waals surface area contributed by atoms with E-state index in [0.717, 1.165) is 6.16 Å². The normalized spacial score (nSPS) is 11.3. The van der Waals surface area contributed by atoms with Crippen LogP contribution in [-0.2, 0) is 16.3 Å². The van der Waals surface area contributed by atoms with Gasteiger partial charge in [-0.25, -0.2) is 8.42 Å². The lowest BCUT2D eigenvalue weighted by Crippen LogP contribution is -2.32. The summed E-state index contributed by atoms with van der Waals surface area (Å²) in [4.78, 5) is 0. The Morgan fingerprint density at radius 1 is 0.581 bits per heavy atom. The maximum atomic E-state index is 9.08. The fourth-order valence-corrected chi connectivity index (χ4v) is 7.87. The zero-order chi connectivity index (χ0) is 22.2. The summed E-state index contributed by atoms with van der Waals surface area (Å²) in [6, 6.07) is 44.0. The Bertz CT molecular complexity index is 1060. The average molecular weight is 449 g/mol. The Hall–Kier alpha value is -2.78. The largest absolute Gasteiger partial charge is 0.748 e. The monoisotopic (exact) mass is 448 g/mol. The smallest absolute Gasteiger partial charge is 0.116 e. The molecule has 0 spiro atoms. The molecular formula is C26H25O3PS. The summed E-state index contributed by atoms with van der Waals surface area (Å²) in [5, 5.41) is 4.30. The van der Waals surface area contributed by atoms with Crippen LogP contribution in [0.1, 0.15) is 5.56 Å². The lowest BCUT2D eigenvalue weighted by Gasteiger charge is -2.27. The van der Waals surface area contributed by atoms with E-state index in [2.05, 4.69) is 121 Å². The molecule has 0 heterocycles. The highest BCUT2D eigenvalue weighted by atomic mass is 32.2. The van der Waals surface area contributed by atoms with Crippen molar-refractivity contribution in [2.24, 2.45) is 0 Å². The topological polar surface area (TPSA) is 57.2 Å². The van der Waals surface area contributed by atoms with Crippen molar-refractivity contribution in [2.75, 3.05) is 6.26 Å². The van der Waals surface area contributed by atoms with Gasteiger partial charge in [0.15, 0.2) is 0 Å². The zero-order valence-electron chi connectivity index (χ0n) is 17.3. The van der Waals surface area contributed by atoms with Crippen LogP contribution in [0.25, 0.3) is 0 Å². The predicted octanol–water partition coefficient (Wildman–Crippen LogP) is 4.34. The molecule has 0 aromatic heterocycles. The summed E-state index contributed by atoms with van der Waals surface area (Å²) in [5.41, 5.74) is 1.39. The highest BCUT2D eigenvalue weighted by Crippen LogP contribution is 2.58. The van der Waals surface area contributed by atoms with Gasteiger partial charge in [0.2, 0.25) is 0 Å². The zero-order valence-corrected chi connectivity index (χ0v) is 19.0. The Labute approximate surface area is 185 Å². The second kappa shape index (κ2) is 10.5. The van der Waals surface area contributed by atoms with Crippen molar-refractivity contribution >= 4 is 33.3 Å². The van der Waals surface area contributed by atoms with Crippen molar-refractivity contribution in [3.05, 3.63) is 127 Å². The Morgan fingerprint density at radius 3 is 1.13 bits per heavy atom.